The summed E-state index contributed by atoms with van der Waals surface area (Å²) in [5, 5.41) is 18.6. The van der Waals surface area contributed by atoms with Crippen LogP contribution < -0.4 is 10.3 Å². The van der Waals surface area contributed by atoms with Crippen molar-refractivity contribution >= 4 is 22.7 Å². The van der Waals surface area contributed by atoms with E-state index in [0.29, 0.717) is 35.1 Å². The molecule has 9 heteroatoms. The van der Waals surface area contributed by atoms with E-state index in [4.69, 9.17) is 4.74 Å². The lowest BCUT2D eigenvalue weighted by atomic mass is 9.84. The fourth-order valence-corrected chi connectivity index (χ4v) is 5.16. The Labute approximate surface area is 217 Å². The van der Waals surface area contributed by atoms with Gasteiger partial charge in [0.1, 0.15) is 23.7 Å². The first-order chi connectivity index (χ1) is 18.3. The van der Waals surface area contributed by atoms with Crippen LogP contribution in [-0.2, 0) is 17.9 Å². The minimum absolute atomic E-state index is 0.0760. The Kier molecular flexibility index (Phi) is 7.00. The molecular weight excluding hydrogens is 489 g/mol. The van der Waals surface area contributed by atoms with Crippen molar-refractivity contribution in [3.63, 3.8) is 0 Å². The Balaban J connectivity index is 1.29. The van der Waals surface area contributed by atoms with E-state index in [9.17, 15) is 23.9 Å². The van der Waals surface area contributed by atoms with Gasteiger partial charge in [-0.1, -0.05) is 29.0 Å². The zero-order valence-electron chi connectivity index (χ0n) is 20.7. The number of ether oxygens (including phenoxy) is 1. The molecule has 0 saturated heterocycles. The fraction of sp³-hybridized carbons (Fsp3) is 0.276. The van der Waals surface area contributed by atoms with Crippen molar-refractivity contribution in [2.45, 2.75) is 32.9 Å². The molecule has 8 nitrogen and oxygen atoms in total. The van der Waals surface area contributed by atoms with Crippen molar-refractivity contribution in [1.82, 2.24) is 15.0 Å². The highest BCUT2D eigenvalue weighted by molar-refractivity contribution is 6.00. The Morgan fingerprint density at radius 3 is 2.50 bits per heavy atom. The third-order valence-corrected chi connectivity index (χ3v) is 7.15. The van der Waals surface area contributed by atoms with E-state index in [1.807, 2.05) is 13.0 Å². The topological polar surface area (TPSA) is 111 Å². The summed E-state index contributed by atoms with van der Waals surface area (Å²) in [6.07, 6.45) is 0.879. The Hall–Kier alpha value is -4.40. The highest BCUT2D eigenvalue weighted by atomic mass is 19.1. The molecule has 1 aliphatic carbocycles. The number of hydrogen-bond acceptors (Lipinski definition) is 6. The van der Waals surface area contributed by atoms with E-state index in [-0.39, 0.29) is 30.3 Å². The third-order valence-electron chi connectivity index (χ3n) is 7.15. The van der Waals surface area contributed by atoms with Crippen molar-refractivity contribution in [3.05, 3.63) is 99.6 Å². The number of carboxylic acids is 1. The standard InChI is InChI=1S/C29H26FN3O5/c1-17-2-13-25-24(14-17)28(35)33(32-31-25)15-20-7-12-23(26(20)29(36)37)27(34)19-5-10-22(11-6-19)38-16-18-3-8-21(30)9-4-18/h2-6,8-11,13-14,20,23,26H,7,12,15-16H2,1H3,(H,36,37)/t20-,23-,26-/m0/s1. The second-order valence-corrected chi connectivity index (χ2v) is 9.71. The van der Waals surface area contributed by atoms with Gasteiger partial charge in [0, 0.05) is 11.5 Å². The number of rotatable bonds is 8. The molecule has 1 fully saturated rings. The van der Waals surface area contributed by atoms with Gasteiger partial charge in [-0.2, -0.15) is 0 Å². The maximum absolute atomic E-state index is 13.3. The number of Topliss-reactive ketones (excluding diaryl/α,β-unsaturated/α-hetero) is 1. The van der Waals surface area contributed by atoms with E-state index in [1.165, 1.54) is 16.8 Å². The number of carbonyl (C=O) groups is 2. The van der Waals surface area contributed by atoms with E-state index in [0.717, 1.165) is 11.1 Å². The lowest BCUT2D eigenvalue weighted by molar-refractivity contribution is -0.144. The fourth-order valence-electron chi connectivity index (χ4n) is 5.16. The lowest BCUT2D eigenvalue weighted by Crippen LogP contribution is -2.34. The van der Waals surface area contributed by atoms with Gasteiger partial charge in [0.2, 0.25) is 0 Å². The second kappa shape index (κ2) is 10.5. The van der Waals surface area contributed by atoms with Crippen molar-refractivity contribution in [2.75, 3.05) is 0 Å². The number of carboxylic acid groups (broad SMARTS) is 1. The quantitative estimate of drug-likeness (QED) is 0.346. The van der Waals surface area contributed by atoms with Crippen molar-refractivity contribution in [3.8, 4) is 5.75 Å². The average Bonchev–Trinajstić information content (AvgIpc) is 3.34. The average molecular weight is 516 g/mol. The van der Waals surface area contributed by atoms with Gasteiger partial charge in [-0.15, -0.1) is 5.10 Å². The van der Waals surface area contributed by atoms with Crippen molar-refractivity contribution in [1.29, 1.82) is 0 Å². The lowest BCUT2D eigenvalue weighted by Gasteiger charge is -2.20. The summed E-state index contributed by atoms with van der Waals surface area (Å²) in [5.41, 5.74) is 2.27. The Morgan fingerprint density at radius 2 is 1.79 bits per heavy atom. The SMILES string of the molecule is Cc1ccc2nnn(C[C@@H]3CC[C@H](C(=O)c4ccc(OCc5ccc(F)cc5)cc4)[C@H]3C(=O)O)c(=O)c2c1. The summed E-state index contributed by atoms with van der Waals surface area (Å²) in [7, 11) is 0. The minimum Gasteiger partial charge on any atom is -0.489 e. The van der Waals surface area contributed by atoms with Crippen LogP contribution in [0, 0.1) is 30.5 Å². The van der Waals surface area contributed by atoms with Crippen LogP contribution >= 0.6 is 0 Å². The number of ketones is 1. The second-order valence-electron chi connectivity index (χ2n) is 9.71. The molecule has 0 unspecified atom stereocenters. The number of halogens is 1. The van der Waals surface area contributed by atoms with Crippen LogP contribution in [-0.4, -0.2) is 31.9 Å². The normalized spacial score (nSPS) is 18.9. The number of aliphatic carboxylic acids is 1. The van der Waals surface area contributed by atoms with Crippen LogP contribution in [0.4, 0.5) is 4.39 Å². The van der Waals surface area contributed by atoms with Crippen molar-refractivity contribution in [2.24, 2.45) is 17.8 Å². The molecule has 3 aromatic carbocycles. The number of carbonyl (C=O) groups excluding carboxylic acids is 1. The zero-order valence-corrected chi connectivity index (χ0v) is 20.7. The van der Waals surface area contributed by atoms with Gasteiger partial charge in [-0.05, 0) is 79.8 Å². The van der Waals surface area contributed by atoms with Gasteiger partial charge < -0.3 is 9.84 Å². The molecule has 0 bridgehead atoms. The van der Waals surface area contributed by atoms with E-state index in [1.54, 1.807) is 48.5 Å². The Morgan fingerprint density at radius 1 is 1.05 bits per heavy atom. The first-order valence-electron chi connectivity index (χ1n) is 12.4. The number of aromatic nitrogens is 3. The molecule has 1 aromatic heterocycles. The molecule has 194 valence electrons. The van der Waals surface area contributed by atoms with Crippen LogP contribution in [0.2, 0.25) is 0 Å². The zero-order chi connectivity index (χ0) is 26.8. The largest absolute Gasteiger partial charge is 0.489 e. The van der Waals surface area contributed by atoms with Crippen molar-refractivity contribution < 1.29 is 23.8 Å². The molecule has 1 saturated carbocycles. The van der Waals surface area contributed by atoms with Crippen LogP contribution in [0.3, 0.4) is 0 Å². The molecule has 0 aliphatic heterocycles. The van der Waals surface area contributed by atoms with E-state index < -0.39 is 23.7 Å². The molecule has 1 N–H and O–H groups in total. The first kappa shape index (κ1) is 25.3. The highest BCUT2D eigenvalue weighted by Crippen LogP contribution is 2.40. The summed E-state index contributed by atoms with van der Waals surface area (Å²) in [4.78, 5) is 38.6. The van der Waals surface area contributed by atoms with Crippen LogP contribution in [0.5, 0.6) is 5.75 Å². The van der Waals surface area contributed by atoms with Gasteiger partial charge >= 0.3 is 5.97 Å². The van der Waals surface area contributed by atoms with E-state index in [2.05, 4.69) is 10.3 Å². The molecular formula is C29H26FN3O5. The third kappa shape index (κ3) is 5.18. The maximum atomic E-state index is 13.3. The molecule has 0 radical (unpaired) electrons. The van der Waals surface area contributed by atoms with Gasteiger partial charge in [0.25, 0.3) is 5.56 Å². The predicted molar refractivity (Wildman–Crippen MR) is 137 cm³/mol. The summed E-state index contributed by atoms with van der Waals surface area (Å²) < 4.78 is 20.0. The number of benzene rings is 3. The number of fused-ring (bicyclic) bond motifs is 1. The molecule has 0 spiro atoms. The Bertz CT molecular complexity index is 1550. The van der Waals surface area contributed by atoms with Crippen LogP contribution in [0.25, 0.3) is 10.9 Å². The first-order valence-corrected chi connectivity index (χ1v) is 12.4. The maximum Gasteiger partial charge on any atom is 0.307 e. The number of hydrogen-bond donors (Lipinski definition) is 1. The summed E-state index contributed by atoms with van der Waals surface area (Å²) in [6, 6.07) is 17.9. The van der Waals surface area contributed by atoms with E-state index >= 15 is 0 Å². The minimum atomic E-state index is -1.07. The smallest absolute Gasteiger partial charge is 0.307 e. The molecule has 5 rings (SSSR count). The van der Waals surface area contributed by atoms with Crippen LogP contribution in [0.15, 0.2) is 71.5 Å². The van der Waals surface area contributed by atoms with Gasteiger partial charge in [0.05, 0.1) is 17.8 Å². The number of nitrogens with zero attached hydrogens (tertiary/aromatic N) is 3. The van der Waals surface area contributed by atoms with Gasteiger partial charge in [-0.3, -0.25) is 14.4 Å². The van der Waals surface area contributed by atoms with Gasteiger partial charge in [0.15, 0.2) is 5.78 Å². The molecule has 1 aliphatic rings. The molecule has 3 atom stereocenters. The molecule has 0 amide bonds. The monoisotopic (exact) mass is 515 g/mol. The molecule has 38 heavy (non-hydrogen) atoms. The molecule has 1 heterocycles. The predicted octanol–water partition coefficient (Wildman–Crippen LogP) is 4.43. The summed E-state index contributed by atoms with van der Waals surface area (Å²) in [6.45, 7) is 2.20. The van der Waals surface area contributed by atoms with Crippen LogP contribution in [0.1, 0.15) is 34.3 Å². The summed E-state index contributed by atoms with van der Waals surface area (Å²) >= 11 is 0. The van der Waals surface area contributed by atoms with Gasteiger partial charge in [-0.25, -0.2) is 9.07 Å². The highest BCUT2D eigenvalue weighted by Gasteiger charge is 2.45. The molecule has 4 aromatic rings. The number of aryl methyl sites for hydroxylation is 1. The summed E-state index contributed by atoms with van der Waals surface area (Å²) in [5.74, 6) is -3.20.